The van der Waals surface area contributed by atoms with Crippen LogP contribution in [0.25, 0.3) is 0 Å². The number of rotatable bonds is 3. The number of carbonyl (C=O) groups is 1. The van der Waals surface area contributed by atoms with Crippen molar-refractivity contribution in [2.75, 3.05) is 6.54 Å². The molecule has 0 aliphatic rings. The number of hydrogen-bond acceptors (Lipinski definition) is 2. The second-order valence-electron chi connectivity index (χ2n) is 3.08. The smallest absolute Gasteiger partial charge is 0.312 e. The van der Waals surface area contributed by atoms with Crippen molar-refractivity contribution < 1.29 is 9.90 Å². The quantitative estimate of drug-likeness (QED) is 0.870. The van der Waals surface area contributed by atoms with Crippen molar-refractivity contribution in [1.29, 1.82) is 0 Å². The molecular weight excluding hydrogens is 246 g/mol. The molecule has 3 N–H and O–H groups in total. The summed E-state index contributed by atoms with van der Waals surface area (Å²) < 4.78 is 0.912. The molecule has 0 fully saturated rings. The Labute approximate surface area is 91.1 Å². The van der Waals surface area contributed by atoms with Crippen LogP contribution >= 0.6 is 15.9 Å². The minimum absolute atomic E-state index is 0.118. The molecule has 14 heavy (non-hydrogen) atoms. The summed E-state index contributed by atoms with van der Waals surface area (Å²) in [6, 6.07) is 5.50. The van der Waals surface area contributed by atoms with Gasteiger partial charge in [0.2, 0.25) is 0 Å². The van der Waals surface area contributed by atoms with Crippen molar-refractivity contribution in [3.8, 4) is 0 Å². The van der Waals surface area contributed by atoms with Gasteiger partial charge in [0, 0.05) is 11.0 Å². The summed E-state index contributed by atoms with van der Waals surface area (Å²) in [7, 11) is 0. The summed E-state index contributed by atoms with van der Waals surface area (Å²) in [6.45, 7) is 2.00. The molecule has 0 bridgehead atoms. The number of carboxylic acids is 1. The fourth-order valence-electron chi connectivity index (χ4n) is 1.36. The highest BCUT2D eigenvalue weighted by atomic mass is 79.9. The average Bonchev–Trinajstić information content (AvgIpc) is 2.13. The molecule has 0 aromatic heterocycles. The lowest BCUT2D eigenvalue weighted by molar-refractivity contribution is -0.138. The second kappa shape index (κ2) is 4.57. The first-order valence-electron chi connectivity index (χ1n) is 4.25. The summed E-state index contributed by atoms with van der Waals surface area (Å²) in [6.07, 6.45) is 0. The second-order valence-corrected chi connectivity index (χ2v) is 3.93. The van der Waals surface area contributed by atoms with Gasteiger partial charge in [0.25, 0.3) is 0 Å². The number of carboxylic acid groups (broad SMARTS) is 1. The van der Waals surface area contributed by atoms with Crippen molar-refractivity contribution in [3.05, 3.63) is 33.8 Å². The molecule has 3 nitrogen and oxygen atoms in total. The molecule has 0 saturated heterocycles. The van der Waals surface area contributed by atoms with Crippen LogP contribution in [0.5, 0.6) is 0 Å². The van der Waals surface area contributed by atoms with Crippen LogP contribution in [0, 0.1) is 6.92 Å². The van der Waals surface area contributed by atoms with Crippen LogP contribution < -0.4 is 5.73 Å². The normalized spacial score (nSPS) is 12.5. The first-order valence-corrected chi connectivity index (χ1v) is 5.05. The van der Waals surface area contributed by atoms with E-state index in [4.69, 9.17) is 10.8 Å². The molecule has 0 saturated carbocycles. The van der Waals surface area contributed by atoms with E-state index in [2.05, 4.69) is 15.9 Å². The Morgan fingerprint density at radius 2 is 2.29 bits per heavy atom. The summed E-state index contributed by atoms with van der Waals surface area (Å²) in [5, 5.41) is 8.95. The molecule has 1 aromatic rings. The van der Waals surface area contributed by atoms with Crippen LogP contribution in [-0.2, 0) is 4.79 Å². The zero-order valence-corrected chi connectivity index (χ0v) is 9.41. The summed E-state index contributed by atoms with van der Waals surface area (Å²) >= 11 is 3.36. The Morgan fingerprint density at radius 1 is 1.64 bits per heavy atom. The van der Waals surface area contributed by atoms with Gasteiger partial charge in [-0.05, 0) is 24.1 Å². The molecule has 0 aliphatic carbocycles. The highest BCUT2D eigenvalue weighted by Crippen LogP contribution is 2.25. The minimum Gasteiger partial charge on any atom is -0.481 e. The first-order chi connectivity index (χ1) is 6.57. The Hall–Kier alpha value is -0.870. The predicted octanol–water partition coefficient (Wildman–Crippen LogP) is 1.88. The molecule has 1 unspecified atom stereocenters. The molecule has 1 atom stereocenters. The number of benzene rings is 1. The van der Waals surface area contributed by atoms with E-state index in [1.54, 1.807) is 6.07 Å². The number of halogens is 1. The van der Waals surface area contributed by atoms with Crippen molar-refractivity contribution in [2.45, 2.75) is 12.8 Å². The van der Waals surface area contributed by atoms with Crippen molar-refractivity contribution in [2.24, 2.45) is 5.73 Å². The SMILES string of the molecule is Cc1c(Br)cccc1C(CN)C(=O)O. The van der Waals surface area contributed by atoms with Gasteiger partial charge in [0.1, 0.15) is 0 Å². The molecular formula is C10H12BrNO2. The molecule has 76 valence electrons. The van der Waals surface area contributed by atoms with Crippen LogP contribution in [0.15, 0.2) is 22.7 Å². The van der Waals surface area contributed by atoms with Crippen LogP contribution in [-0.4, -0.2) is 17.6 Å². The Morgan fingerprint density at radius 3 is 2.79 bits per heavy atom. The van der Waals surface area contributed by atoms with E-state index >= 15 is 0 Å². The van der Waals surface area contributed by atoms with Crippen LogP contribution in [0.2, 0.25) is 0 Å². The van der Waals surface area contributed by atoms with E-state index in [0.29, 0.717) is 0 Å². The lowest BCUT2D eigenvalue weighted by Gasteiger charge is -2.13. The zero-order chi connectivity index (χ0) is 10.7. The maximum absolute atomic E-state index is 10.9. The Bertz CT molecular complexity index is 352. The third kappa shape index (κ3) is 2.13. The van der Waals surface area contributed by atoms with Gasteiger partial charge in [0.15, 0.2) is 0 Å². The van der Waals surface area contributed by atoms with Crippen molar-refractivity contribution in [1.82, 2.24) is 0 Å². The summed E-state index contributed by atoms with van der Waals surface area (Å²) in [5.41, 5.74) is 7.14. The van der Waals surface area contributed by atoms with Crippen LogP contribution in [0.3, 0.4) is 0 Å². The monoisotopic (exact) mass is 257 g/mol. The van der Waals surface area contributed by atoms with E-state index in [1.807, 2.05) is 19.1 Å². The Kier molecular flexibility index (Phi) is 3.66. The van der Waals surface area contributed by atoms with Gasteiger partial charge in [-0.1, -0.05) is 28.1 Å². The van der Waals surface area contributed by atoms with Gasteiger partial charge >= 0.3 is 5.97 Å². The van der Waals surface area contributed by atoms with E-state index in [9.17, 15) is 4.79 Å². The predicted molar refractivity (Wildman–Crippen MR) is 58.3 cm³/mol. The van der Waals surface area contributed by atoms with Gasteiger partial charge in [-0.2, -0.15) is 0 Å². The average molecular weight is 258 g/mol. The van der Waals surface area contributed by atoms with E-state index in [0.717, 1.165) is 15.6 Å². The van der Waals surface area contributed by atoms with Gasteiger partial charge in [-0.3, -0.25) is 4.79 Å². The van der Waals surface area contributed by atoms with E-state index in [1.165, 1.54) is 0 Å². The summed E-state index contributed by atoms with van der Waals surface area (Å²) in [5.74, 6) is -1.50. The molecule has 1 aromatic carbocycles. The van der Waals surface area contributed by atoms with Crippen molar-refractivity contribution in [3.63, 3.8) is 0 Å². The van der Waals surface area contributed by atoms with Gasteiger partial charge in [-0.15, -0.1) is 0 Å². The molecule has 0 amide bonds. The van der Waals surface area contributed by atoms with E-state index in [-0.39, 0.29) is 6.54 Å². The third-order valence-electron chi connectivity index (χ3n) is 2.22. The lowest BCUT2D eigenvalue weighted by atomic mass is 9.95. The standard InChI is InChI=1S/C10H12BrNO2/c1-6-7(3-2-4-9(6)11)8(5-12)10(13)14/h2-4,8H,5,12H2,1H3,(H,13,14). The number of hydrogen-bond donors (Lipinski definition) is 2. The van der Waals surface area contributed by atoms with Gasteiger partial charge in [-0.25, -0.2) is 0 Å². The van der Waals surface area contributed by atoms with Crippen LogP contribution in [0.1, 0.15) is 17.0 Å². The fraction of sp³-hybridized carbons (Fsp3) is 0.300. The topological polar surface area (TPSA) is 63.3 Å². The molecule has 0 aliphatic heterocycles. The fourth-order valence-corrected chi connectivity index (χ4v) is 1.74. The maximum Gasteiger partial charge on any atom is 0.312 e. The number of aliphatic carboxylic acids is 1. The third-order valence-corrected chi connectivity index (χ3v) is 3.08. The molecule has 4 heteroatoms. The molecule has 0 spiro atoms. The largest absolute Gasteiger partial charge is 0.481 e. The summed E-state index contributed by atoms with van der Waals surface area (Å²) in [4.78, 5) is 10.9. The maximum atomic E-state index is 10.9. The lowest BCUT2D eigenvalue weighted by Crippen LogP contribution is -2.21. The van der Waals surface area contributed by atoms with Gasteiger partial charge in [0.05, 0.1) is 5.92 Å². The van der Waals surface area contributed by atoms with Crippen LogP contribution in [0.4, 0.5) is 0 Å². The molecule has 0 radical (unpaired) electrons. The van der Waals surface area contributed by atoms with Gasteiger partial charge < -0.3 is 10.8 Å². The van der Waals surface area contributed by atoms with Crippen molar-refractivity contribution >= 4 is 21.9 Å². The highest BCUT2D eigenvalue weighted by Gasteiger charge is 2.20. The highest BCUT2D eigenvalue weighted by molar-refractivity contribution is 9.10. The van der Waals surface area contributed by atoms with E-state index < -0.39 is 11.9 Å². The Balaban J connectivity index is 3.16. The molecule has 0 heterocycles. The first kappa shape index (κ1) is 11.2. The number of nitrogens with two attached hydrogens (primary N) is 1. The zero-order valence-electron chi connectivity index (χ0n) is 7.83. The molecule has 1 rings (SSSR count). The minimum atomic E-state index is -0.881.